The number of rotatable bonds is 7. The number of H-pyrrole nitrogens is 1. The lowest BCUT2D eigenvalue weighted by Crippen LogP contribution is -2.29. The van der Waals surface area contributed by atoms with Gasteiger partial charge in [-0.05, 0) is 42.3 Å². The summed E-state index contributed by atoms with van der Waals surface area (Å²) in [6, 6.07) is 19.8. The third-order valence-electron chi connectivity index (χ3n) is 5.03. The van der Waals surface area contributed by atoms with E-state index in [0.29, 0.717) is 29.1 Å². The number of nitrogens with one attached hydrogen (secondary N) is 3. The van der Waals surface area contributed by atoms with Crippen molar-refractivity contribution in [1.29, 1.82) is 0 Å². The van der Waals surface area contributed by atoms with Crippen LogP contribution >= 0.6 is 0 Å². The summed E-state index contributed by atoms with van der Waals surface area (Å²) in [6.07, 6.45) is 5.54. The zero-order valence-electron chi connectivity index (χ0n) is 17.6. The molecule has 4 rings (SSSR count). The van der Waals surface area contributed by atoms with E-state index >= 15 is 0 Å². The molecule has 0 spiro atoms. The van der Waals surface area contributed by atoms with Crippen LogP contribution in [-0.2, 0) is 0 Å². The number of aromatic nitrogens is 3. The van der Waals surface area contributed by atoms with Crippen molar-refractivity contribution in [3.63, 3.8) is 0 Å². The van der Waals surface area contributed by atoms with E-state index in [2.05, 4.69) is 25.6 Å². The lowest BCUT2D eigenvalue weighted by Gasteiger charge is -2.15. The molecule has 0 saturated carbocycles. The Bertz CT molecular complexity index is 1210. The Kier molecular flexibility index (Phi) is 6.36. The number of anilines is 1. The normalized spacial score (nSPS) is 11.5. The highest BCUT2D eigenvalue weighted by atomic mass is 16.2. The van der Waals surface area contributed by atoms with Gasteiger partial charge in [0, 0.05) is 23.6 Å². The summed E-state index contributed by atoms with van der Waals surface area (Å²) in [7, 11) is 0. The van der Waals surface area contributed by atoms with Crippen LogP contribution in [0.3, 0.4) is 0 Å². The molecule has 7 heteroatoms. The number of benzene rings is 2. The molecule has 0 radical (unpaired) electrons. The van der Waals surface area contributed by atoms with Crippen molar-refractivity contribution in [2.75, 3.05) is 5.32 Å². The quantitative estimate of drug-likeness (QED) is 0.403. The minimum Gasteiger partial charge on any atom is -0.342 e. The number of imidazole rings is 1. The van der Waals surface area contributed by atoms with Gasteiger partial charge in [-0.3, -0.25) is 14.6 Å². The van der Waals surface area contributed by atoms with Gasteiger partial charge in [0.05, 0.1) is 23.5 Å². The third-order valence-corrected chi connectivity index (χ3v) is 5.03. The number of carbonyl (C=O) groups excluding carboxylic acids is 2. The number of hydrogen-bond donors (Lipinski definition) is 3. The van der Waals surface area contributed by atoms with Crippen LogP contribution in [0, 0.1) is 0 Å². The van der Waals surface area contributed by atoms with Crippen LogP contribution in [0.15, 0.2) is 85.3 Å². The molecule has 7 nitrogen and oxygen atoms in total. The zero-order valence-corrected chi connectivity index (χ0v) is 17.6. The number of nitrogens with zero attached hydrogens (tertiary/aromatic N) is 2. The number of carbonyl (C=O) groups is 2. The first-order valence-corrected chi connectivity index (χ1v) is 10.4. The summed E-state index contributed by atoms with van der Waals surface area (Å²) in [5.74, 6) is 0.166. The van der Waals surface area contributed by atoms with Gasteiger partial charge in [0.25, 0.3) is 11.8 Å². The predicted octanol–water partition coefficient (Wildman–Crippen LogP) is 4.61. The van der Waals surface area contributed by atoms with Crippen molar-refractivity contribution in [2.45, 2.75) is 19.4 Å². The fourth-order valence-electron chi connectivity index (χ4n) is 3.32. The van der Waals surface area contributed by atoms with Gasteiger partial charge in [-0.25, -0.2) is 4.98 Å². The van der Waals surface area contributed by atoms with Crippen LogP contribution in [0.25, 0.3) is 11.3 Å². The molecule has 0 bridgehead atoms. The van der Waals surface area contributed by atoms with Crippen LogP contribution in [0.1, 0.15) is 45.9 Å². The molecule has 2 aromatic carbocycles. The standard InChI is InChI=1S/C25H23N5O2/c1-2-21(23-27-16-22(29-23)17-8-4-3-5-9-17)30-24(31)18-10-6-12-20(14-18)28-25(32)19-11-7-13-26-15-19/h3-16,21H,2H2,1H3,(H,27,29)(H,28,32)(H,30,31). The Morgan fingerprint density at radius 2 is 1.75 bits per heavy atom. The molecule has 0 aliphatic heterocycles. The first-order chi connectivity index (χ1) is 15.6. The van der Waals surface area contributed by atoms with Gasteiger partial charge in [-0.2, -0.15) is 0 Å². The second-order valence-electron chi connectivity index (χ2n) is 7.26. The summed E-state index contributed by atoms with van der Waals surface area (Å²) in [4.78, 5) is 37.0. The molecule has 160 valence electrons. The second kappa shape index (κ2) is 9.70. The fourth-order valence-corrected chi connectivity index (χ4v) is 3.32. The van der Waals surface area contributed by atoms with Crippen LogP contribution < -0.4 is 10.6 Å². The van der Waals surface area contributed by atoms with E-state index < -0.39 is 0 Å². The topological polar surface area (TPSA) is 99.8 Å². The maximum Gasteiger partial charge on any atom is 0.257 e. The van der Waals surface area contributed by atoms with Gasteiger partial charge in [0.1, 0.15) is 5.82 Å². The molecule has 2 aromatic heterocycles. The smallest absolute Gasteiger partial charge is 0.257 e. The lowest BCUT2D eigenvalue weighted by atomic mass is 10.1. The molecule has 1 atom stereocenters. The summed E-state index contributed by atoms with van der Waals surface area (Å²) < 4.78 is 0. The monoisotopic (exact) mass is 425 g/mol. The number of amides is 2. The van der Waals surface area contributed by atoms with Gasteiger partial charge in [-0.1, -0.05) is 43.3 Å². The van der Waals surface area contributed by atoms with Crippen molar-refractivity contribution < 1.29 is 9.59 Å². The van der Waals surface area contributed by atoms with Gasteiger partial charge >= 0.3 is 0 Å². The van der Waals surface area contributed by atoms with Gasteiger partial charge in [-0.15, -0.1) is 0 Å². The summed E-state index contributed by atoms with van der Waals surface area (Å²) in [5.41, 5.74) is 3.35. The predicted molar refractivity (Wildman–Crippen MR) is 123 cm³/mol. The van der Waals surface area contributed by atoms with E-state index in [4.69, 9.17) is 0 Å². The number of aromatic amines is 1. The first-order valence-electron chi connectivity index (χ1n) is 10.4. The Labute approximate surface area is 185 Å². The van der Waals surface area contributed by atoms with Gasteiger partial charge < -0.3 is 15.6 Å². The van der Waals surface area contributed by atoms with Gasteiger partial charge in [0.2, 0.25) is 0 Å². The van der Waals surface area contributed by atoms with E-state index in [0.717, 1.165) is 11.3 Å². The van der Waals surface area contributed by atoms with Crippen molar-refractivity contribution in [3.8, 4) is 11.3 Å². The molecule has 4 aromatic rings. The highest BCUT2D eigenvalue weighted by Gasteiger charge is 2.18. The van der Waals surface area contributed by atoms with Crippen molar-refractivity contribution >= 4 is 17.5 Å². The van der Waals surface area contributed by atoms with E-state index in [1.165, 1.54) is 6.20 Å². The third kappa shape index (κ3) is 4.89. The Morgan fingerprint density at radius 1 is 0.938 bits per heavy atom. The molecule has 0 fully saturated rings. The first kappa shape index (κ1) is 21.0. The summed E-state index contributed by atoms with van der Waals surface area (Å²) >= 11 is 0. The minimum absolute atomic E-state index is 0.244. The van der Waals surface area contributed by atoms with E-state index in [-0.39, 0.29) is 17.9 Å². The molecule has 2 heterocycles. The molecule has 32 heavy (non-hydrogen) atoms. The van der Waals surface area contributed by atoms with E-state index in [1.54, 1.807) is 48.8 Å². The van der Waals surface area contributed by atoms with Crippen LogP contribution in [0.4, 0.5) is 5.69 Å². The summed E-state index contributed by atoms with van der Waals surface area (Å²) in [6.45, 7) is 1.99. The molecule has 3 N–H and O–H groups in total. The molecular weight excluding hydrogens is 402 g/mol. The highest BCUT2D eigenvalue weighted by Crippen LogP contribution is 2.21. The number of hydrogen-bond acceptors (Lipinski definition) is 4. The van der Waals surface area contributed by atoms with Crippen LogP contribution in [-0.4, -0.2) is 26.8 Å². The van der Waals surface area contributed by atoms with E-state index in [9.17, 15) is 9.59 Å². The van der Waals surface area contributed by atoms with E-state index in [1.807, 2.05) is 37.3 Å². The summed E-state index contributed by atoms with van der Waals surface area (Å²) in [5, 5.41) is 5.82. The highest BCUT2D eigenvalue weighted by molar-refractivity contribution is 6.05. The SMILES string of the molecule is CCC(NC(=O)c1cccc(NC(=O)c2cccnc2)c1)c1ncc(-c2ccccc2)[nH]1. The van der Waals surface area contributed by atoms with Crippen LogP contribution in [0.5, 0.6) is 0 Å². The van der Waals surface area contributed by atoms with Crippen LogP contribution in [0.2, 0.25) is 0 Å². The second-order valence-corrected chi connectivity index (χ2v) is 7.26. The maximum absolute atomic E-state index is 12.9. The molecular formula is C25H23N5O2. The average Bonchev–Trinajstić information content (AvgIpc) is 3.34. The maximum atomic E-state index is 12.9. The Balaban J connectivity index is 1.45. The van der Waals surface area contributed by atoms with Gasteiger partial charge in [0.15, 0.2) is 0 Å². The molecule has 2 amide bonds. The minimum atomic E-state index is -0.286. The molecule has 0 saturated heterocycles. The average molecular weight is 425 g/mol. The zero-order chi connectivity index (χ0) is 22.3. The Hall–Kier alpha value is -4.26. The largest absolute Gasteiger partial charge is 0.342 e. The van der Waals surface area contributed by atoms with Crippen molar-refractivity contribution in [2.24, 2.45) is 0 Å². The molecule has 0 aliphatic rings. The molecule has 0 aliphatic carbocycles. The Morgan fingerprint density at radius 3 is 2.50 bits per heavy atom. The molecule has 1 unspecified atom stereocenters. The lowest BCUT2D eigenvalue weighted by molar-refractivity contribution is 0.0932. The van der Waals surface area contributed by atoms with Crippen molar-refractivity contribution in [3.05, 3.63) is 102 Å². The number of pyridine rings is 1. The fraction of sp³-hybridized carbons (Fsp3) is 0.120. The van der Waals surface area contributed by atoms with Crippen molar-refractivity contribution in [1.82, 2.24) is 20.3 Å².